The van der Waals surface area contributed by atoms with Gasteiger partial charge in [-0.25, -0.2) is 13.2 Å². The van der Waals surface area contributed by atoms with Crippen LogP contribution in [-0.4, -0.2) is 85.4 Å². The lowest BCUT2D eigenvalue weighted by molar-refractivity contribution is -0.123. The maximum absolute atomic E-state index is 13.2. The van der Waals surface area contributed by atoms with Crippen LogP contribution in [0.1, 0.15) is 42.4 Å². The molecule has 3 amide bonds. The Morgan fingerprint density at radius 3 is 2.33 bits per heavy atom. The summed E-state index contributed by atoms with van der Waals surface area (Å²) >= 11 is 0. The van der Waals surface area contributed by atoms with Crippen molar-refractivity contribution in [2.24, 2.45) is 0 Å². The Bertz CT molecular complexity index is 1150. The van der Waals surface area contributed by atoms with Crippen LogP contribution < -0.4 is 10.6 Å². The third-order valence-corrected chi connectivity index (χ3v) is 7.20. The van der Waals surface area contributed by atoms with Crippen molar-refractivity contribution in [1.82, 2.24) is 25.7 Å². The average molecular weight is 522 g/mol. The molecule has 1 fully saturated rings. The highest BCUT2D eigenvalue weighted by Crippen LogP contribution is 2.11. The van der Waals surface area contributed by atoms with Gasteiger partial charge in [-0.05, 0) is 12.0 Å². The number of aromatic nitrogens is 2. The van der Waals surface area contributed by atoms with Gasteiger partial charge < -0.3 is 24.7 Å². The third-order valence-electron chi connectivity index (χ3n) is 5.58. The van der Waals surface area contributed by atoms with Gasteiger partial charge in [-0.2, -0.15) is 0 Å². The number of carbonyl (C=O) groups excluding carboxylic acids is 3. The van der Waals surface area contributed by atoms with E-state index in [2.05, 4.69) is 20.8 Å². The summed E-state index contributed by atoms with van der Waals surface area (Å²) in [5.41, 5.74) is 0.556. The predicted molar refractivity (Wildman–Crippen MR) is 129 cm³/mol. The Kier molecular flexibility index (Phi) is 9.53. The second-order valence-corrected chi connectivity index (χ2v) is 10.4. The number of nitrogens with one attached hydrogen (secondary N) is 2. The number of rotatable bonds is 11. The third kappa shape index (κ3) is 7.59. The lowest BCUT2D eigenvalue weighted by Crippen LogP contribution is -2.57. The van der Waals surface area contributed by atoms with Crippen LogP contribution in [0, 0.1) is 0 Å². The smallest absolute Gasteiger partial charge is 0.318 e. The van der Waals surface area contributed by atoms with Gasteiger partial charge in [0.2, 0.25) is 17.6 Å². The van der Waals surface area contributed by atoms with Crippen LogP contribution in [0.4, 0.5) is 4.79 Å². The summed E-state index contributed by atoms with van der Waals surface area (Å²) in [6.07, 6.45) is 0.633. The van der Waals surface area contributed by atoms with E-state index < -0.39 is 45.4 Å². The molecule has 196 valence electrons. The maximum Gasteiger partial charge on any atom is 0.318 e. The Balaban J connectivity index is 1.76. The van der Waals surface area contributed by atoms with Gasteiger partial charge >= 0.3 is 6.03 Å². The van der Waals surface area contributed by atoms with Gasteiger partial charge in [0.25, 0.3) is 5.89 Å². The molecule has 1 saturated heterocycles. The monoisotopic (exact) mass is 521 g/mol. The highest BCUT2D eigenvalue weighted by molar-refractivity contribution is 7.90. The van der Waals surface area contributed by atoms with Crippen LogP contribution in [0.2, 0.25) is 0 Å². The van der Waals surface area contributed by atoms with Crippen molar-refractivity contribution in [3.05, 3.63) is 47.7 Å². The number of nitrogens with zero attached hydrogens (tertiary/aromatic N) is 3. The standard InChI is InChI=1S/C23H31N5O7S/c1-3-17(20(29)22-27-26-19(4-2)35-22)24-21(30)18(25-23(31)28-10-12-34-13-11-28)15-36(32,33)14-16-8-6-5-7-9-16/h5-9,17-18H,3-4,10-15H2,1-2H3,(H,24,30)(H,25,31)/t17-,18-/m0/s1. The molecule has 0 spiro atoms. The molecule has 2 aromatic rings. The number of sulfone groups is 1. The molecule has 2 N–H and O–H groups in total. The van der Waals surface area contributed by atoms with Crippen molar-refractivity contribution in [1.29, 1.82) is 0 Å². The van der Waals surface area contributed by atoms with E-state index in [9.17, 15) is 22.8 Å². The molecule has 2 heterocycles. The van der Waals surface area contributed by atoms with Crippen molar-refractivity contribution in [2.45, 2.75) is 44.5 Å². The van der Waals surface area contributed by atoms with Crippen LogP contribution in [0.25, 0.3) is 0 Å². The molecule has 0 unspecified atom stereocenters. The molecule has 3 rings (SSSR count). The summed E-state index contributed by atoms with van der Waals surface area (Å²) < 4.78 is 36.5. The molecule has 36 heavy (non-hydrogen) atoms. The molecule has 13 heteroatoms. The van der Waals surface area contributed by atoms with Crippen LogP contribution in [-0.2, 0) is 31.5 Å². The Hall–Kier alpha value is -3.32. The number of morpholine rings is 1. The number of hydrogen-bond acceptors (Lipinski definition) is 9. The van der Waals surface area contributed by atoms with Crippen LogP contribution in [0.5, 0.6) is 0 Å². The Labute approximate surface area is 209 Å². The summed E-state index contributed by atoms with van der Waals surface area (Å²) in [5, 5.41) is 12.6. The number of aryl methyl sites for hydroxylation is 1. The van der Waals surface area contributed by atoms with Gasteiger partial charge in [0.15, 0.2) is 9.84 Å². The first-order chi connectivity index (χ1) is 17.2. The van der Waals surface area contributed by atoms with Crippen LogP contribution in [0.3, 0.4) is 0 Å². The molecule has 1 aliphatic rings. The SMILES string of the molecule is CCc1nnc(C(=O)[C@H](CC)NC(=O)[C@H](CS(=O)(=O)Cc2ccccc2)NC(=O)N2CCOCC2)o1. The summed E-state index contributed by atoms with van der Waals surface area (Å²) in [4.78, 5) is 40.3. The second kappa shape index (κ2) is 12.6. The van der Waals surface area contributed by atoms with Crippen molar-refractivity contribution < 1.29 is 32.0 Å². The maximum atomic E-state index is 13.2. The van der Waals surface area contributed by atoms with Crippen molar-refractivity contribution in [3.63, 3.8) is 0 Å². The number of carbonyl (C=O) groups is 3. The first-order valence-electron chi connectivity index (χ1n) is 11.8. The van der Waals surface area contributed by atoms with Gasteiger partial charge in [0.1, 0.15) is 6.04 Å². The van der Waals surface area contributed by atoms with Gasteiger partial charge in [-0.15, -0.1) is 10.2 Å². The Morgan fingerprint density at radius 1 is 1.03 bits per heavy atom. The minimum absolute atomic E-state index is 0.190. The fraction of sp³-hybridized carbons (Fsp3) is 0.522. The van der Waals surface area contributed by atoms with Gasteiger partial charge in [-0.3, -0.25) is 9.59 Å². The Morgan fingerprint density at radius 2 is 1.72 bits per heavy atom. The summed E-state index contributed by atoms with van der Waals surface area (Å²) in [6.45, 7) is 4.76. The van der Waals surface area contributed by atoms with E-state index in [1.165, 1.54) is 4.90 Å². The van der Waals surface area contributed by atoms with E-state index in [0.717, 1.165) is 0 Å². The van der Waals surface area contributed by atoms with Crippen molar-refractivity contribution >= 4 is 27.6 Å². The summed E-state index contributed by atoms with van der Waals surface area (Å²) in [7, 11) is -3.81. The number of hydrogen-bond donors (Lipinski definition) is 2. The molecule has 0 bridgehead atoms. The molecule has 1 aliphatic heterocycles. The lowest BCUT2D eigenvalue weighted by atomic mass is 10.1. The van der Waals surface area contributed by atoms with E-state index in [1.54, 1.807) is 44.2 Å². The largest absolute Gasteiger partial charge is 0.418 e. The molecule has 1 aromatic heterocycles. The number of Topliss-reactive ketones (excluding diaryl/α,β-unsaturated/α-hetero) is 1. The van der Waals surface area contributed by atoms with E-state index in [1.807, 2.05) is 0 Å². The number of amides is 3. The molecule has 0 saturated carbocycles. The average Bonchev–Trinajstić information content (AvgIpc) is 3.36. The van der Waals surface area contributed by atoms with Crippen molar-refractivity contribution in [3.8, 4) is 0 Å². The summed E-state index contributed by atoms with van der Waals surface area (Å²) in [6, 6.07) is 5.48. The molecule has 2 atom stereocenters. The molecule has 1 aromatic carbocycles. The fourth-order valence-corrected chi connectivity index (χ4v) is 5.16. The molecule has 12 nitrogen and oxygen atoms in total. The number of benzene rings is 1. The zero-order valence-corrected chi connectivity index (χ0v) is 21.1. The first-order valence-corrected chi connectivity index (χ1v) is 13.6. The van der Waals surface area contributed by atoms with E-state index in [4.69, 9.17) is 9.15 Å². The van der Waals surface area contributed by atoms with E-state index in [0.29, 0.717) is 38.3 Å². The molecule has 0 aliphatic carbocycles. The molecular formula is C23H31N5O7S. The van der Waals surface area contributed by atoms with Gasteiger partial charge in [0.05, 0.1) is 30.8 Å². The van der Waals surface area contributed by atoms with Gasteiger partial charge in [-0.1, -0.05) is 44.2 Å². The van der Waals surface area contributed by atoms with E-state index >= 15 is 0 Å². The number of ketones is 1. The fourth-order valence-electron chi connectivity index (χ4n) is 3.60. The van der Waals surface area contributed by atoms with Crippen LogP contribution >= 0.6 is 0 Å². The second-order valence-electron chi connectivity index (χ2n) is 8.33. The predicted octanol–water partition coefficient (Wildman–Crippen LogP) is 0.735. The minimum atomic E-state index is -3.81. The lowest BCUT2D eigenvalue weighted by Gasteiger charge is -2.29. The zero-order valence-electron chi connectivity index (χ0n) is 20.3. The summed E-state index contributed by atoms with van der Waals surface area (Å²) in [5.74, 6) is -2.31. The highest BCUT2D eigenvalue weighted by atomic mass is 32.2. The highest BCUT2D eigenvalue weighted by Gasteiger charge is 2.33. The number of ether oxygens (including phenoxy) is 1. The molecular weight excluding hydrogens is 490 g/mol. The first kappa shape index (κ1) is 27.3. The zero-order chi connectivity index (χ0) is 26.1. The topological polar surface area (TPSA) is 161 Å². The van der Waals surface area contributed by atoms with Crippen molar-refractivity contribution in [2.75, 3.05) is 32.1 Å². The normalized spacial score (nSPS) is 15.7. The minimum Gasteiger partial charge on any atom is -0.418 e. The van der Waals surface area contributed by atoms with E-state index in [-0.39, 0.29) is 24.0 Å². The van der Waals surface area contributed by atoms with Crippen LogP contribution in [0.15, 0.2) is 34.7 Å². The quantitative estimate of drug-likeness (QED) is 0.406. The molecule has 0 radical (unpaired) electrons. The number of urea groups is 1. The van der Waals surface area contributed by atoms with Gasteiger partial charge in [0, 0.05) is 19.5 Å².